The van der Waals surface area contributed by atoms with Gasteiger partial charge in [0.05, 0.1) is 20.6 Å². The van der Waals surface area contributed by atoms with Gasteiger partial charge in [0, 0.05) is 23.1 Å². The summed E-state index contributed by atoms with van der Waals surface area (Å²) in [6.07, 6.45) is -0.182. The van der Waals surface area contributed by atoms with Crippen molar-refractivity contribution in [3.8, 4) is 51.6 Å². The van der Waals surface area contributed by atoms with Crippen LogP contribution < -0.4 is 19.6 Å². The fraction of sp³-hybridized carbons (Fsp3) is 0.179. The van der Waals surface area contributed by atoms with Crippen molar-refractivity contribution in [2.75, 3.05) is 20.8 Å². The summed E-state index contributed by atoms with van der Waals surface area (Å²) in [5, 5.41) is 40.6. The van der Waals surface area contributed by atoms with E-state index in [9.17, 15) is 34.8 Å². The van der Waals surface area contributed by atoms with Crippen molar-refractivity contribution in [2.24, 2.45) is 0 Å². The molecule has 0 bridgehead atoms. The van der Waals surface area contributed by atoms with Crippen LogP contribution in [0, 0.1) is 0 Å². The van der Waals surface area contributed by atoms with E-state index in [2.05, 4.69) is 4.74 Å². The molecule has 5 rings (SSSR count). The summed E-state index contributed by atoms with van der Waals surface area (Å²) >= 11 is 0. The Morgan fingerprint density at radius 1 is 0.950 bits per heavy atom. The molecule has 4 N–H and O–H groups in total. The third kappa shape index (κ3) is 4.45. The zero-order valence-electron chi connectivity index (χ0n) is 21.1. The number of esters is 2. The molecule has 0 saturated heterocycles. The summed E-state index contributed by atoms with van der Waals surface area (Å²) in [7, 11) is 2.61. The molecule has 0 aliphatic carbocycles. The van der Waals surface area contributed by atoms with Gasteiger partial charge in [0.2, 0.25) is 11.2 Å². The van der Waals surface area contributed by atoms with E-state index in [0.29, 0.717) is 5.56 Å². The summed E-state index contributed by atoms with van der Waals surface area (Å²) in [6, 6.07) is 9.37. The van der Waals surface area contributed by atoms with Crippen LogP contribution in [0.1, 0.15) is 23.5 Å². The average Bonchev–Trinajstić information content (AvgIpc) is 2.94. The minimum Gasteiger partial charge on any atom is -0.507 e. The number of carbonyl (C=O) groups is 2. The molecule has 12 nitrogen and oxygen atoms in total. The van der Waals surface area contributed by atoms with Crippen LogP contribution in [0.5, 0.6) is 40.2 Å². The largest absolute Gasteiger partial charge is 0.507 e. The Labute approximate surface area is 225 Å². The number of methoxy groups -OCH3 is 2. The van der Waals surface area contributed by atoms with Gasteiger partial charge >= 0.3 is 11.9 Å². The maximum absolute atomic E-state index is 13.2. The molecular weight excluding hydrogens is 528 g/mol. The quantitative estimate of drug-likeness (QED) is 0.156. The van der Waals surface area contributed by atoms with Crippen molar-refractivity contribution in [3.63, 3.8) is 0 Å². The van der Waals surface area contributed by atoms with Crippen molar-refractivity contribution in [2.45, 2.75) is 12.3 Å². The molecule has 2 heterocycles. The molecule has 0 amide bonds. The van der Waals surface area contributed by atoms with E-state index in [4.69, 9.17) is 18.6 Å². The molecule has 40 heavy (non-hydrogen) atoms. The van der Waals surface area contributed by atoms with E-state index in [1.807, 2.05) is 0 Å². The molecule has 0 radical (unpaired) electrons. The predicted molar refractivity (Wildman–Crippen MR) is 137 cm³/mol. The summed E-state index contributed by atoms with van der Waals surface area (Å²) in [5.74, 6) is -4.31. The Balaban J connectivity index is 1.72. The van der Waals surface area contributed by atoms with Gasteiger partial charge in [0.25, 0.3) is 0 Å². The van der Waals surface area contributed by atoms with E-state index in [1.54, 1.807) is 12.1 Å². The third-order valence-electron chi connectivity index (χ3n) is 6.47. The maximum atomic E-state index is 13.2. The number of fused-ring (bicyclic) bond motifs is 3. The molecule has 1 atom stereocenters. The third-order valence-corrected chi connectivity index (χ3v) is 6.47. The lowest BCUT2D eigenvalue weighted by Crippen LogP contribution is -2.22. The van der Waals surface area contributed by atoms with E-state index in [-0.39, 0.29) is 58.1 Å². The van der Waals surface area contributed by atoms with Gasteiger partial charge in [-0.1, -0.05) is 6.07 Å². The average molecular weight is 550 g/mol. The van der Waals surface area contributed by atoms with Crippen molar-refractivity contribution < 1.29 is 53.4 Å². The van der Waals surface area contributed by atoms with Gasteiger partial charge in [-0.15, -0.1) is 0 Å². The summed E-state index contributed by atoms with van der Waals surface area (Å²) < 4.78 is 26.8. The number of rotatable bonds is 6. The highest BCUT2D eigenvalue weighted by Gasteiger charge is 2.35. The first kappa shape index (κ1) is 26.2. The minimum absolute atomic E-state index is 0.0574. The summed E-state index contributed by atoms with van der Waals surface area (Å²) in [5.41, 5.74) is -0.320. The van der Waals surface area contributed by atoms with E-state index in [0.717, 1.165) is 18.2 Å². The Kier molecular flexibility index (Phi) is 6.59. The lowest BCUT2D eigenvalue weighted by atomic mass is 9.85. The zero-order valence-corrected chi connectivity index (χ0v) is 21.1. The number of ether oxygens (including phenoxy) is 4. The molecule has 1 aromatic heterocycles. The van der Waals surface area contributed by atoms with Gasteiger partial charge in [-0.2, -0.15) is 0 Å². The smallest absolute Gasteiger partial charge is 0.343 e. The normalized spacial score (nSPS) is 14.3. The van der Waals surface area contributed by atoms with Crippen LogP contribution in [-0.2, 0) is 14.3 Å². The Bertz CT molecular complexity index is 1740. The molecule has 12 heteroatoms. The monoisotopic (exact) mass is 550 g/mol. The first-order valence-corrected chi connectivity index (χ1v) is 11.8. The van der Waals surface area contributed by atoms with Crippen LogP contribution in [-0.4, -0.2) is 53.2 Å². The van der Waals surface area contributed by atoms with Crippen LogP contribution in [0.15, 0.2) is 51.7 Å². The van der Waals surface area contributed by atoms with Gasteiger partial charge in [0.15, 0.2) is 35.4 Å². The molecule has 1 aliphatic heterocycles. The van der Waals surface area contributed by atoms with Gasteiger partial charge in [-0.3, -0.25) is 9.59 Å². The predicted octanol–water partition coefficient (Wildman–Crippen LogP) is 3.28. The first-order chi connectivity index (χ1) is 19.1. The van der Waals surface area contributed by atoms with Crippen molar-refractivity contribution >= 4 is 22.9 Å². The Hall–Kier alpha value is -5.39. The fourth-order valence-electron chi connectivity index (χ4n) is 4.54. The molecular formula is C28H22O12. The van der Waals surface area contributed by atoms with Gasteiger partial charge in [0.1, 0.15) is 22.5 Å². The number of carbonyl (C=O) groups excluding carboxylic acids is 2. The van der Waals surface area contributed by atoms with E-state index >= 15 is 0 Å². The topological polar surface area (TPSA) is 182 Å². The highest BCUT2D eigenvalue weighted by Crippen LogP contribution is 2.48. The van der Waals surface area contributed by atoms with Crippen molar-refractivity contribution in [1.82, 2.24) is 0 Å². The van der Waals surface area contributed by atoms with Crippen LogP contribution in [0.3, 0.4) is 0 Å². The highest BCUT2D eigenvalue weighted by atomic mass is 16.6. The molecule has 1 aliphatic rings. The lowest BCUT2D eigenvalue weighted by molar-refractivity contribution is -0.143. The SMILES string of the molecule is COC(=O)COc1ccc([C@H]2CC(=O)Oc3cc(O)c4c(=O)c(O)c(-c5ccc(O)c(O)c5)oc4c32)cc1OC. The van der Waals surface area contributed by atoms with Gasteiger partial charge < -0.3 is 43.8 Å². The molecule has 0 spiro atoms. The van der Waals surface area contributed by atoms with Crippen molar-refractivity contribution in [3.05, 3.63) is 63.8 Å². The number of hydrogen-bond donors (Lipinski definition) is 4. The molecule has 206 valence electrons. The Morgan fingerprint density at radius 3 is 2.42 bits per heavy atom. The molecule has 3 aromatic carbocycles. The van der Waals surface area contributed by atoms with E-state index in [1.165, 1.54) is 26.4 Å². The van der Waals surface area contributed by atoms with Crippen LogP contribution in [0.25, 0.3) is 22.3 Å². The Morgan fingerprint density at radius 2 is 1.73 bits per heavy atom. The van der Waals surface area contributed by atoms with Gasteiger partial charge in [-0.25, -0.2) is 4.79 Å². The summed E-state index contributed by atoms with van der Waals surface area (Å²) in [4.78, 5) is 37.3. The molecule has 0 fully saturated rings. The molecule has 4 aromatic rings. The second-order valence-corrected chi connectivity index (χ2v) is 8.83. The number of aromatic hydroxyl groups is 4. The molecule has 0 saturated carbocycles. The maximum Gasteiger partial charge on any atom is 0.343 e. The van der Waals surface area contributed by atoms with Crippen molar-refractivity contribution in [1.29, 1.82) is 0 Å². The van der Waals surface area contributed by atoms with Crippen LogP contribution in [0.2, 0.25) is 0 Å². The summed E-state index contributed by atoms with van der Waals surface area (Å²) in [6.45, 7) is -0.362. The highest BCUT2D eigenvalue weighted by molar-refractivity contribution is 5.94. The van der Waals surface area contributed by atoms with Gasteiger partial charge in [-0.05, 0) is 35.9 Å². The number of benzene rings is 3. The zero-order chi connectivity index (χ0) is 28.7. The molecule has 0 unspecified atom stereocenters. The first-order valence-electron chi connectivity index (χ1n) is 11.8. The lowest BCUT2D eigenvalue weighted by Gasteiger charge is -2.26. The standard InChI is InChI=1S/C28H22O12/c1-36-19-8-12(4-6-18(19)38-11-22(33)37-2)14-9-21(32)39-20-10-17(31)24-25(34)26(35)27(40-28(24)23(14)20)13-3-5-15(29)16(30)7-13/h3-8,10,14,29-31,35H,9,11H2,1-2H3/t14-/m1/s1. The number of hydrogen-bond acceptors (Lipinski definition) is 12. The second kappa shape index (κ2) is 10.1. The number of phenolic OH excluding ortho intramolecular Hbond substituents is 3. The van der Waals surface area contributed by atoms with E-state index < -0.39 is 46.3 Å². The second-order valence-electron chi connectivity index (χ2n) is 8.83. The van der Waals surface area contributed by atoms with Crippen LogP contribution in [0.4, 0.5) is 0 Å². The number of phenols is 3. The minimum atomic E-state index is -0.969. The fourth-order valence-corrected chi connectivity index (χ4v) is 4.54. The van der Waals surface area contributed by atoms with Crippen LogP contribution >= 0.6 is 0 Å².